The van der Waals surface area contributed by atoms with E-state index in [1.165, 1.54) is 7.11 Å². The number of hydrogen-bond acceptors (Lipinski definition) is 4. The predicted molar refractivity (Wildman–Crippen MR) is 136 cm³/mol. The number of amides is 2. The van der Waals surface area contributed by atoms with Crippen molar-refractivity contribution in [3.63, 3.8) is 0 Å². The molecule has 1 saturated heterocycles. The summed E-state index contributed by atoms with van der Waals surface area (Å²) in [5.41, 5.74) is 1.45. The van der Waals surface area contributed by atoms with Crippen LogP contribution in [0.3, 0.4) is 0 Å². The van der Waals surface area contributed by atoms with Gasteiger partial charge >= 0.3 is 5.97 Å². The molecule has 1 heterocycles. The fourth-order valence-corrected chi connectivity index (χ4v) is 4.78. The third-order valence-electron chi connectivity index (χ3n) is 6.72. The SMILES string of the molecule is COC(=O)c1cc2ccccc2cc1NC(=O)C1CCN(C(=O)c2cccc3ccccc23)CC1. The van der Waals surface area contributed by atoms with Crippen molar-refractivity contribution in [3.05, 3.63) is 90.0 Å². The second-order valence-corrected chi connectivity index (χ2v) is 8.82. The summed E-state index contributed by atoms with van der Waals surface area (Å²) in [6, 6.07) is 24.8. The first-order valence-corrected chi connectivity index (χ1v) is 11.7. The van der Waals surface area contributed by atoms with Crippen molar-refractivity contribution in [2.75, 3.05) is 25.5 Å². The van der Waals surface area contributed by atoms with Crippen LogP contribution in [0.4, 0.5) is 5.69 Å². The maximum Gasteiger partial charge on any atom is 0.339 e. The molecule has 2 amide bonds. The lowest BCUT2D eigenvalue weighted by Gasteiger charge is -2.31. The van der Waals surface area contributed by atoms with Crippen LogP contribution in [0, 0.1) is 5.92 Å². The summed E-state index contributed by atoms with van der Waals surface area (Å²) in [5.74, 6) is -0.907. The first kappa shape index (κ1) is 22.6. The van der Waals surface area contributed by atoms with Crippen LogP contribution in [-0.2, 0) is 9.53 Å². The number of hydrogen-bond donors (Lipinski definition) is 1. The second-order valence-electron chi connectivity index (χ2n) is 8.82. The Morgan fingerprint density at radius 1 is 0.800 bits per heavy atom. The number of fused-ring (bicyclic) bond motifs is 2. The lowest BCUT2D eigenvalue weighted by Crippen LogP contribution is -2.41. The molecule has 0 radical (unpaired) electrons. The van der Waals surface area contributed by atoms with Gasteiger partial charge in [0.25, 0.3) is 5.91 Å². The highest BCUT2D eigenvalue weighted by Gasteiger charge is 2.29. The molecule has 1 aliphatic rings. The topological polar surface area (TPSA) is 75.7 Å². The van der Waals surface area contributed by atoms with Crippen LogP contribution in [0.25, 0.3) is 21.5 Å². The lowest BCUT2D eigenvalue weighted by atomic mass is 9.94. The Morgan fingerprint density at radius 3 is 2.14 bits per heavy atom. The van der Waals surface area contributed by atoms with Gasteiger partial charge in [0, 0.05) is 24.6 Å². The zero-order valence-corrected chi connectivity index (χ0v) is 19.5. The molecule has 0 saturated carbocycles. The van der Waals surface area contributed by atoms with Crippen LogP contribution in [0.2, 0.25) is 0 Å². The monoisotopic (exact) mass is 466 g/mol. The molecular formula is C29H26N2O4. The van der Waals surface area contributed by atoms with Crippen molar-refractivity contribution in [2.45, 2.75) is 12.8 Å². The number of nitrogens with one attached hydrogen (secondary N) is 1. The van der Waals surface area contributed by atoms with Gasteiger partial charge in [-0.05, 0) is 52.6 Å². The van der Waals surface area contributed by atoms with Gasteiger partial charge in [0.15, 0.2) is 0 Å². The molecule has 0 spiro atoms. The summed E-state index contributed by atoms with van der Waals surface area (Å²) < 4.78 is 4.93. The van der Waals surface area contributed by atoms with E-state index in [1.54, 1.807) is 12.1 Å². The molecule has 4 aromatic rings. The van der Waals surface area contributed by atoms with Gasteiger partial charge in [0.2, 0.25) is 5.91 Å². The number of benzene rings is 4. The van der Waals surface area contributed by atoms with Crippen molar-refractivity contribution in [2.24, 2.45) is 5.92 Å². The number of nitrogens with zero attached hydrogens (tertiary/aromatic N) is 1. The summed E-state index contributed by atoms with van der Waals surface area (Å²) in [7, 11) is 1.33. The summed E-state index contributed by atoms with van der Waals surface area (Å²) in [6.07, 6.45) is 1.12. The molecule has 6 heteroatoms. The minimum atomic E-state index is -0.499. The van der Waals surface area contributed by atoms with E-state index in [1.807, 2.05) is 71.6 Å². The molecule has 0 aliphatic carbocycles. The number of ether oxygens (including phenoxy) is 1. The van der Waals surface area contributed by atoms with Crippen molar-refractivity contribution < 1.29 is 19.1 Å². The summed E-state index contributed by atoms with van der Waals surface area (Å²) in [5, 5.41) is 6.73. The fourth-order valence-electron chi connectivity index (χ4n) is 4.78. The average molecular weight is 467 g/mol. The molecule has 35 heavy (non-hydrogen) atoms. The van der Waals surface area contributed by atoms with Gasteiger partial charge in [0.1, 0.15) is 0 Å². The van der Waals surface area contributed by atoms with Gasteiger partial charge < -0.3 is 15.0 Å². The molecule has 1 fully saturated rings. The van der Waals surface area contributed by atoms with Gasteiger partial charge in [-0.25, -0.2) is 4.79 Å². The quantitative estimate of drug-likeness (QED) is 0.416. The third-order valence-corrected chi connectivity index (χ3v) is 6.72. The third kappa shape index (κ3) is 4.47. The maximum atomic E-state index is 13.2. The smallest absolute Gasteiger partial charge is 0.339 e. The Hall–Kier alpha value is -4.19. The van der Waals surface area contributed by atoms with E-state index >= 15 is 0 Å². The molecule has 6 nitrogen and oxygen atoms in total. The van der Waals surface area contributed by atoms with Crippen LogP contribution in [-0.4, -0.2) is 42.9 Å². The number of rotatable bonds is 4. The summed E-state index contributed by atoms with van der Waals surface area (Å²) >= 11 is 0. The Morgan fingerprint density at radius 2 is 1.43 bits per heavy atom. The van der Waals surface area contributed by atoms with Gasteiger partial charge in [-0.2, -0.15) is 0 Å². The van der Waals surface area contributed by atoms with Gasteiger partial charge in [-0.15, -0.1) is 0 Å². The highest BCUT2D eigenvalue weighted by atomic mass is 16.5. The van der Waals surface area contributed by atoms with E-state index in [4.69, 9.17) is 4.74 Å². The van der Waals surface area contributed by atoms with E-state index in [-0.39, 0.29) is 17.7 Å². The number of piperidine rings is 1. The van der Waals surface area contributed by atoms with Crippen molar-refractivity contribution in [1.29, 1.82) is 0 Å². The Bertz CT molecular complexity index is 1430. The molecule has 5 rings (SSSR count). The molecule has 0 unspecified atom stereocenters. The Kier molecular flexibility index (Phi) is 6.19. The van der Waals surface area contributed by atoms with Crippen LogP contribution in [0.15, 0.2) is 78.9 Å². The molecule has 0 aromatic heterocycles. The first-order valence-electron chi connectivity index (χ1n) is 11.7. The number of esters is 1. The van der Waals surface area contributed by atoms with Crippen LogP contribution < -0.4 is 5.32 Å². The van der Waals surface area contributed by atoms with Crippen molar-refractivity contribution in [3.8, 4) is 0 Å². The van der Waals surface area contributed by atoms with Gasteiger partial charge in [-0.1, -0.05) is 60.7 Å². The Labute approximate surface area is 203 Å². The van der Waals surface area contributed by atoms with Gasteiger partial charge in [-0.3, -0.25) is 9.59 Å². The van der Waals surface area contributed by atoms with E-state index in [2.05, 4.69) is 5.32 Å². The van der Waals surface area contributed by atoms with Crippen molar-refractivity contribution >= 4 is 45.0 Å². The molecular weight excluding hydrogens is 440 g/mol. The molecule has 1 N–H and O–H groups in total. The zero-order chi connectivity index (χ0) is 24.4. The number of carbonyl (C=O) groups is 3. The molecule has 0 bridgehead atoms. The van der Waals surface area contributed by atoms with Gasteiger partial charge in [0.05, 0.1) is 18.4 Å². The average Bonchev–Trinajstić information content (AvgIpc) is 2.91. The van der Waals surface area contributed by atoms with Crippen LogP contribution >= 0.6 is 0 Å². The number of likely N-dealkylation sites (tertiary alicyclic amines) is 1. The fraction of sp³-hybridized carbons (Fsp3) is 0.207. The van der Waals surface area contributed by atoms with E-state index in [9.17, 15) is 14.4 Å². The van der Waals surface area contributed by atoms with Crippen LogP contribution in [0.5, 0.6) is 0 Å². The maximum absolute atomic E-state index is 13.2. The normalized spacial score (nSPS) is 14.1. The molecule has 1 aliphatic heterocycles. The highest BCUT2D eigenvalue weighted by Crippen LogP contribution is 2.28. The minimum absolute atomic E-state index is 0.0110. The summed E-state index contributed by atoms with van der Waals surface area (Å²) in [6.45, 7) is 1.00. The number of anilines is 1. The molecule has 0 atom stereocenters. The largest absolute Gasteiger partial charge is 0.465 e. The van der Waals surface area contributed by atoms with Crippen molar-refractivity contribution in [1.82, 2.24) is 4.90 Å². The second kappa shape index (κ2) is 9.58. The Balaban J connectivity index is 1.29. The predicted octanol–water partition coefficient (Wildman–Crippen LogP) is 5.27. The van der Waals surface area contributed by atoms with E-state index in [0.29, 0.717) is 42.7 Å². The lowest BCUT2D eigenvalue weighted by molar-refractivity contribution is -0.121. The van der Waals surface area contributed by atoms with E-state index < -0.39 is 5.97 Å². The number of carbonyl (C=O) groups excluding carboxylic acids is 3. The molecule has 4 aromatic carbocycles. The standard InChI is InChI=1S/C29H26N2O4/c1-35-29(34)25-17-21-8-2-3-9-22(21)18-26(25)30-27(32)20-13-15-31(16-14-20)28(33)24-12-6-10-19-7-4-5-11-23(19)24/h2-12,17-18,20H,13-16H2,1H3,(H,30,32). The van der Waals surface area contributed by atoms with E-state index in [0.717, 1.165) is 21.5 Å². The summed E-state index contributed by atoms with van der Waals surface area (Å²) in [4.78, 5) is 40.5. The molecule has 176 valence electrons. The van der Waals surface area contributed by atoms with Crippen LogP contribution in [0.1, 0.15) is 33.6 Å². The zero-order valence-electron chi connectivity index (χ0n) is 19.5. The number of methoxy groups -OCH3 is 1. The first-order chi connectivity index (χ1) is 17.0. The highest BCUT2D eigenvalue weighted by molar-refractivity contribution is 6.08. The minimum Gasteiger partial charge on any atom is -0.465 e.